The Labute approximate surface area is 366 Å². The standard InChI is InChI=1S/C57H47NO2Si2/c1-42-24-32-50(33-25-42)61(46-16-8-4-9-17-46,47-18-10-5-11-19-47)52-36-38-56-54(40-52)55-41-53(37-39-57(55)58(56)43-26-28-44(59-2)29-27-43)62(48-20-12-6-13-21-48,49-22-14-7-15-23-49)51-34-30-45(60-3)31-35-51/h4-41H,1-3H3. The Morgan fingerprint density at radius 1 is 0.323 bits per heavy atom. The fourth-order valence-corrected chi connectivity index (χ4v) is 19.4. The highest BCUT2D eigenvalue weighted by atomic mass is 28.3. The molecule has 0 aliphatic heterocycles. The van der Waals surface area contributed by atoms with Crippen LogP contribution < -0.4 is 51.0 Å². The average molecular weight is 834 g/mol. The molecule has 10 aromatic rings. The van der Waals surface area contributed by atoms with E-state index in [1.165, 1.54) is 57.8 Å². The Balaban J connectivity index is 1.34. The van der Waals surface area contributed by atoms with Crippen LogP contribution in [0.4, 0.5) is 0 Å². The molecule has 0 saturated carbocycles. The minimum atomic E-state index is -2.91. The molecule has 0 bridgehead atoms. The van der Waals surface area contributed by atoms with E-state index in [0.29, 0.717) is 0 Å². The zero-order valence-electron chi connectivity index (χ0n) is 35.2. The van der Waals surface area contributed by atoms with E-state index in [2.05, 4.69) is 242 Å². The molecular weight excluding hydrogens is 787 g/mol. The van der Waals surface area contributed by atoms with Gasteiger partial charge >= 0.3 is 0 Å². The second-order valence-electron chi connectivity index (χ2n) is 16.1. The topological polar surface area (TPSA) is 23.4 Å². The molecule has 0 spiro atoms. The molecule has 5 heteroatoms. The zero-order valence-corrected chi connectivity index (χ0v) is 37.2. The number of hydrogen-bond acceptors (Lipinski definition) is 2. The molecule has 10 rings (SSSR count). The lowest BCUT2D eigenvalue weighted by Crippen LogP contribution is -2.74. The summed E-state index contributed by atoms with van der Waals surface area (Å²) < 4.78 is 13.8. The van der Waals surface area contributed by atoms with Crippen LogP contribution in [0.3, 0.4) is 0 Å². The lowest BCUT2D eigenvalue weighted by Gasteiger charge is -2.35. The molecule has 0 fully saturated rings. The van der Waals surface area contributed by atoms with E-state index in [1.54, 1.807) is 14.2 Å². The van der Waals surface area contributed by atoms with Crippen molar-refractivity contribution in [2.24, 2.45) is 0 Å². The summed E-state index contributed by atoms with van der Waals surface area (Å²) in [5.41, 5.74) is 4.66. The highest BCUT2D eigenvalue weighted by Crippen LogP contribution is 2.33. The molecule has 62 heavy (non-hydrogen) atoms. The van der Waals surface area contributed by atoms with Crippen molar-refractivity contribution in [1.82, 2.24) is 4.57 Å². The van der Waals surface area contributed by atoms with E-state index in [9.17, 15) is 0 Å². The van der Waals surface area contributed by atoms with Gasteiger partial charge in [-0.25, -0.2) is 0 Å². The Kier molecular flexibility index (Phi) is 10.3. The van der Waals surface area contributed by atoms with Crippen molar-refractivity contribution in [3.63, 3.8) is 0 Å². The fraction of sp³-hybridized carbons (Fsp3) is 0.0526. The predicted molar refractivity (Wildman–Crippen MR) is 266 cm³/mol. The van der Waals surface area contributed by atoms with Crippen LogP contribution in [0.1, 0.15) is 5.56 Å². The van der Waals surface area contributed by atoms with Crippen molar-refractivity contribution >= 4 is 79.4 Å². The van der Waals surface area contributed by atoms with Crippen LogP contribution in [0.15, 0.2) is 231 Å². The summed E-state index contributed by atoms with van der Waals surface area (Å²) in [6.45, 7) is 2.18. The first-order chi connectivity index (χ1) is 30.5. The number of ether oxygens (including phenoxy) is 2. The lowest BCUT2D eigenvalue weighted by molar-refractivity contribution is 0.414. The van der Waals surface area contributed by atoms with Crippen molar-refractivity contribution in [2.75, 3.05) is 14.2 Å². The molecule has 0 unspecified atom stereocenters. The molecule has 0 aliphatic carbocycles. The van der Waals surface area contributed by atoms with Gasteiger partial charge in [0.15, 0.2) is 16.1 Å². The monoisotopic (exact) mass is 833 g/mol. The molecule has 0 amide bonds. The predicted octanol–water partition coefficient (Wildman–Crippen LogP) is 7.86. The van der Waals surface area contributed by atoms with Gasteiger partial charge in [-0.2, -0.15) is 0 Å². The largest absolute Gasteiger partial charge is 0.497 e. The van der Waals surface area contributed by atoms with E-state index in [4.69, 9.17) is 9.47 Å². The first kappa shape index (κ1) is 39.0. The van der Waals surface area contributed by atoms with E-state index in [0.717, 1.165) is 28.2 Å². The first-order valence-electron chi connectivity index (χ1n) is 21.2. The molecule has 300 valence electrons. The number of aryl methyl sites for hydroxylation is 1. The van der Waals surface area contributed by atoms with Crippen LogP contribution in [-0.2, 0) is 0 Å². The number of fused-ring (bicyclic) bond motifs is 3. The molecule has 0 N–H and O–H groups in total. The van der Waals surface area contributed by atoms with Gasteiger partial charge in [0.05, 0.1) is 25.3 Å². The van der Waals surface area contributed by atoms with Gasteiger partial charge in [0.1, 0.15) is 11.5 Å². The van der Waals surface area contributed by atoms with E-state index < -0.39 is 16.1 Å². The number of benzene rings is 9. The number of methoxy groups -OCH3 is 2. The SMILES string of the molecule is COc1ccc(-n2c3ccc([Si](c4ccccc4)(c4ccccc4)c4ccc(C)cc4)cc3c3cc([Si](c4ccccc4)(c4ccccc4)c4ccc(OC)cc4)ccc32)cc1. The van der Waals surface area contributed by atoms with Crippen LogP contribution in [-0.4, -0.2) is 34.9 Å². The molecule has 0 aliphatic rings. The summed E-state index contributed by atoms with van der Waals surface area (Å²) >= 11 is 0. The molecule has 3 nitrogen and oxygen atoms in total. The summed E-state index contributed by atoms with van der Waals surface area (Å²) in [6.07, 6.45) is 0. The van der Waals surface area contributed by atoms with Gasteiger partial charge in [0, 0.05) is 16.5 Å². The zero-order chi connectivity index (χ0) is 42.1. The van der Waals surface area contributed by atoms with Crippen LogP contribution in [0.5, 0.6) is 11.5 Å². The molecule has 0 radical (unpaired) electrons. The Bertz CT molecular complexity index is 3030. The average Bonchev–Trinajstić information content (AvgIpc) is 3.67. The molecule has 0 saturated heterocycles. The van der Waals surface area contributed by atoms with Gasteiger partial charge in [-0.1, -0.05) is 188 Å². The second kappa shape index (κ2) is 16.4. The Morgan fingerprint density at radius 2 is 0.629 bits per heavy atom. The van der Waals surface area contributed by atoms with Gasteiger partial charge in [0.25, 0.3) is 0 Å². The minimum absolute atomic E-state index is 0.833. The molecule has 1 aromatic heterocycles. The number of hydrogen-bond donors (Lipinski definition) is 0. The maximum absolute atomic E-state index is 5.71. The van der Waals surface area contributed by atoms with Crippen LogP contribution in [0.2, 0.25) is 0 Å². The summed E-state index contributed by atoms with van der Waals surface area (Å²) in [5.74, 6) is 1.68. The highest BCUT2D eigenvalue weighted by Gasteiger charge is 2.43. The van der Waals surface area contributed by atoms with Crippen LogP contribution in [0, 0.1) is 6.92 Å². The fourth-order valence-electron chi connectivity index (χ4n) is 9.90. The van der Waals surface area contributed by atoms with Crippen molar-refractivity contribution in [2.45, 2.75) is 6.92 Å². The van der Waals surface area contributed by atoms with Crippen molar-refractivity contribution < 1.29 is 9.47 Å². The van der Waals surface area contributed by atoms with Gasteiger partial charge in [-0.05, 0) is 96.9 Å². The third-order valence-corrected chi connectivity index (χ3v) is 22.3. The normalized spacial score (nSPS) is 11.8. The Hall–Kier alpha value is -7.19. The smallest absolute Gasteiger partial charge is 0.179 e. The summed E-state index contributed by atoms with van der Waals surface area (Å²) in [6, 6.07) is 85.9. The maximum Gasteiger partial charge on any atom is 0.179 e. The van der Waals surface area contributed by atoms with Gasteiger partial charge < -0.3 is 14.0 Å². The lowest BCUT2D eigenvalue weighted by atomic mass is 10.1. The highest BCUT2D eigenvalue weighted by molar-refractivity contribution is 7.20. The second-order valence-corrected chi connectivity index (χ2v) is 23.7. The summed E-state index contributed by atoms with van der Waals surface area (Å²) in [5, 5.41) is 13.1. The minimum Gasteiger partial charge on any atom is -0.497 e. The van der Waals surface area contributed by atoms with Gasteiger partial charge in [0.2, 0.25) is 0 Å². The molecule has 9 aromatic carbocycles. The third-order valence-electron chi connectivity index (χ3n) is 12.8. The van der Waals surface area contributed by atoms with Gasteiger partial charge in [-0.3, -0.25) is 0 Å². The van der Waals surface area contributed by atoms with E-state index in [-0.39, 0.29) is 0 Å². The molecular formula is C57H47NO2Si2. The third kappa shape index (κ3) is 6.40. The summed E-state index contributed by atoms with van der Waals surface area (Å²) in [7, 11) is -2.31. The first-order valence-corrected chi connectivity index (χ1v) is 25.2. The maximum atomic E-state index is 5.71. The van der Waals surface area contributed by atoms with E-state index >= 15 is 0 Å². The number of rotatable bonds is 11. The quantitative estimate of drug-likeness (QED) is 0.0980. The van der Waals surface area contributed by atoms with Crippen molar-refractivity contribution in [3.05, 3.63) is 236 Å². The Morgan fingerprint density at radius 3 is 0.984 bits per heavy atom. The van der Waals surface area contributed by atoms with Crippen molar-refractivity contribution in [3.8, 4) is 17.2 Å². The van der Waals surface area contributed by atoms with E-state index in [1.807, 2.05) is 0 Å². The van der Waals surface area contributed by atoms with Crippen LogP contribution in [0.25, 0.3) is 27.5 Å². The number of aromatic nitrogens is 1. The molecule has 0 atom stereocenters. The summed E-state index contributed by atoms with van der Waals surface area (Å²) in [4.78, 5) is 0. The van der Waals surface area contributed by atoms with Crippen molar-refractivity contribution in [1.29, 1.82) is 0 Å². The van der Waals surface area contributed by atoms with Gasteiger partial charge in [-0.15, -0.1) is 0 Å². The molecule has 1 heterocycles. The van der Waals surface area contributed by atoms with Crippen LogP contribution >= 0.6 is 0 Å². The number of nitrogens with zero attached hydrogens (tertiary/aromatic N) is 1.